The number of hydrogen-bond acceptors (Lipinski definition) is 3. The molecule has 0 aliphatic carbocycles. The smallest absolute Gasteiger partial charge is 0.306 e. The minimum absolute atomic E-state index is 0.0401. The van der Waals surface area contributed by atoms with Gasteiger partial charge in [-0.15, -0.1) is 0 Å². The molecule has 0 aliphatic rings. The van der Waals surface area contributed by atoms with Crippen LogP contribution in [0.2, 0.25) is 0 Å². The van der Waals surface area contributed by atoms with Gasteiger partial charge in [-0.25, -0.2) is 0 Å². The van der Waals surface area contributed by atoms with Crippen LogP contribution in [0.15, 0.2) is 0 Å². The predicted octanol–water partition coefficient (Wildman–Crippen LogP) is 13.8. The third-order valence-corrected chi connectivity index (χ3v) is 10.5. The van der Waals surface area contributed by atoms with Crippen molar-refractivity contribution in [2.24, 2.45) is 0 Å². The summed E-state index contributed by atoms with van der Waals surface area (Å²) in [5.41, 5.74) is 0. The van der Waals surface area contributed by atoms with Gasteiger partial charge < -0.3 is 14.3 Å². The van der Waals surface area contributed by atoms with Crippen LogP contribution < -0.4 is 0 Å². The van der Waals surface area contributed by atoms with Crippen LogP contribution in [0.3, 0.4) is 0 Å². The summed E-state index contributed by atoms with van der Waals surface area (Å²) in [5, 5.41) is 9.07. The van der Waals surface area contributed by atoms with Crippen molar-refractivity contribution in [3.8, 4) is 0 Å². The van der Waals surface area contributed by atoms with Crippen LogP contribution in [0.25, 0.3) is 0 Å². The maximum Gasteiger partial charge on any atom is 0.306 e. The highest BCUT2D eigenvalue weighted by Gasteiger charge is 2.25. The predicted molar refractivity (Wildman–Crippen MR) is 212 cm³/mol. The van der Waals surface area contributed by atoms with E-state index in [0.717, 1.165) is 38.8 Å². The molecule has 0 rings (SSSR count). The zero-order valence-corrected chi connectivity index (χ0v) is 33.9. The Balaban J connectivity index is 4.10. The Bertz CT molecular complexity index is 709. The van der Waals surface area contributed by atoms with E-state index in [1.165, 1.54) is 180 Å². The van der Waals surface area contributed by atoms with E-state index in [1.54, 1.807) is 0 Å². The van der Waals surface area contributed by atoms with E-state index in [9.17, 15) is 9.59 Å². The topological polar surface area (TPSA) is 63.6 Å². The van der Waals surface area contributed by atoms with Crippen molar-refractivity contribution in [2.75, 3.05) is 27.2 Å². The number of aliphatic carboxylic acids is 1. The van der Waals surface area contributed by atoms with Crippen molar-refractivity contribution in [2.45, 2.75) is 245 Å². The van der Waals surface area contributed by atoms with E-state index in [4.69, 9.17) is 9.84 Å². The Labute approximate surface area is 307 Å². The highest BCUT2D eigenvalue weighted by atomic mass is 16.5. The van der Waals surface area contributed by atoms with Gasteiger partial charge in [0.05, 0.1) is 27.1 Å². The number of carboxylic acids is 1. The molecule has 0 saturated carbocycles. The standard InChI is InChI=1S/C44H87NO4/c1-5-7-9-11-13-15-17-19-21-23-24-26-28-30-32-34-37-42(41-45(3,4)40-36-38-43(46)47)49-44(48)39-35-33-31-29-27-25-22-20-18-16-14-12-10-8-6-2/h42H,5-41H2,1-4H3/p+1. The third-order valence-electron chi connectivity index (χ3n) is 10.5. The summed E-state index contributed by atoms with van der Waals surface area (Å²) in [5.74, 6) is -0.777. The average molecular weight is 695 g/mol. The first-order chi connectivity index (χ1) is 23.8. The Kier molecular flexibility index (Phi) is 35.9. The summed E-state index contributed by atoms with van der Waals surface area (Å²) >= 11 is 0. The van der Waals surface area contributed by atoms with Gasteiger partial charge in [-0.3, -0.25) is 9.59 Å². The molecule has 0 spiro atoms. The normalized spacial score (nSPS) is 12.4. The van der Waals surface area contributed by atoms with Crippen LogP contribution in [0.1, 0.15) is 239 Å². The first kappa shape index (κ1) is 47.9. The van der Waals surface area contributed by atoms with Crippen LogP contribution in [0, 0.1) is 0 Å². The van der Waals surface area contributed by atoms with Gasteiger partial charge in [-0.05, 0) is 19.3 Å². The molecule has 5 nitrogen and oxygen atoms in total. The van der Waals surface area contributed by atoms with Crippen molar-refractivity contribution < 1.29 is 23.9 Å². The highest BCUT2D eigenvalue weighted by Crippen LogP contribution is 2.18. The molecule has 49 heavy (non-hydrogen) atoms. The summed E-state index contributed by atoms with van der Waals surface area (Å²) in [7, 11) is 4.29. The second-order valence-corrected chi connectivity index (χ2v) is 16.2. The molecule has 1 atom stereocenters. The molecule has 1 unspecified atom stereocenters. The quantitative estimate of drug-likeness (QED) is 0.0394. The fourth-order valence-corrected chi connectivity index (χ4v) is 7.29. The summed E-state index contributed by atoms with van der Waals surface area (Å²) in [4.78, 5) is 23.9. The first-order valence-corrected chi connectivity index (χ1v) is 22.0. The molecule has 0 fully saturated rings. The van der Waals surface area contributed by atoms with Crippen LogP contribution >= 0.6 is 0 Å². The number of carbonyl (C=O) groups is 2. The number of hydrogen-bond donors (Lipinski definition) is 1. The van der Waals surface area contributed by atoms with E-state index in [1.807, 2.05) is 0 Å². The lowest BCUT2D eigenvalue weighted by Gasteiger charge is -2.33. The van der Waals surface area contributed by atoms with Gasteiger partial charge in [-0.2, -0.15) is 0 Å². The number of ether oxygens (including phenoxy) is 1. The van der Waals surface area contributed by atoms with Crippen LogP contribution in [-0.2, 0) is 14.3 Å². The fourth-order valence-electron chi connectivity index (χ4n) is 7.29. The van der Waals surface area contributed by atoms with Crippen molar-refractivity contribution in [1.82, 2.24) is 0 Å². The van der Waals surface area contributed by atoms with Crippen molar-refractivity contribution in [1.29, 1.82) is 0 Å². The molecule has 1 N–H and O–H groups in total. The van der Waals surface area contributed by atoms with Gasteiger partial charge in [0.1, 0.15) is 6.54 Å². The van der Waals surface area contributed by atoms with E-state index in [0.29, 0.717) is 17.3 Å². The fraction of sp³-hybridized carbons (Fsp3) is 0.955. The van der Waals surface area contributed by atoms with E-state index < -0.39 is 5.97 Å². The number of rotatable bonds is 40. The van der Waals surface area contributed by atoms with E-state index >= 15 is 0 Å². The number of unbranched alkanes of at least 4 members (excludes halogenated alkanes) is 29. The number of carbonyl (C=O) groups excluding carboxylic acids is 1. The molecule has 0 bridgehead atoms. The Morgan fingerprint density at radius 1 is 0.469 bits per heavy atom. The van der Waals surface area contributed by atoms with E-state index in [2.05, 4.69) is 27.9 Å². The lowest BCUT2D eigenvalue weighted by Crippen LogP contribution is -2.47. The number of carboxylic acid groups (broad SMARTS) is 1. The first-order valence-electron chi connectivity index (χ1n) is 22.0. The monoisotopic (exact) mass is 695 g/mol. The van der Waals surface area contributed by atoms with Crippen molar-refractivity contribution in [3.63, 3.8) is 0 Å². The maximum atomic E-state index is 12.8. The van der Waals surface area contributed by atoms with E-state index in [-0.39, 0.29) is 18.5 Å². The molecule has 0 radical (unpaired) electrons. The van der Waals surface area contributed by atoms with Gasteiger partial charge in [0, 0.05) is 12.8 Å². The maximum absolute atomic E-state index is 12.8. The van der Waals surface area contributed by atoms with Crippen molar-refractivity contribution in [3.05, 3.63) is 0 Å². The molecule has 0 aliphatic heterocycles. The van der Waals surface area contributed by atoms with Crippen LogP contribution in [0.5, 0.6) is 0 Å². The summed E-state index contributed by atoms with van der Waals surface area (Å²) in [6, 6.07) is 0. The SMILES string of the molecule is CCCCCCCCCCCCCCCCCCC(C[N+](C)(C)CCCC(=O)O)OC(=O)CCCCCCCCCCCCCCCCC. The number of likely N-dealkylation sites (N-methyl/N-ethyl adjacent to an activating group) is 1. The second kappa shape index (κ2) is 36.7. The summed E-state index contributed by atoms with van der Waals surface area (Å²) in [6.07, 6.45) is 43.8. The van der Waals surface area contributed by atoms with Gasteiger partial charge in [-0.1, -0.05) is 200 Å². The largest absolute Gasteiger partial charge is 0.481 e. The molecule has 0 aromatic rings. The Morgan fingerprint density at radius 3 is 1.14 bits per heavy atom. The lowest BCUT2D eigenvalue weighted by atomic mass is 10.0. The molecular weight excluding hydrogens is 606 g/mol. The lowest BCUT2D eigenvalue weighted by molar-refractivity contribution is -0.893. The zero-order valence-electron chi connectivity index (χ0n) is 33.9. The van der Waals surface area contributed by atoms with Crippen LogP contribution in [-0.4, -0.2) is 54.8 Å². The molecule has 292 valence electrons. The minimum atomic E-state index is -0.736. The summed E-state index contributed by atoms with van der Waals surface area (Å²) in [6.45, 7) is 6.13. The number of quaternary nitrogens is 1. The summed E-state index contributed by atoms with van der Waals surface area (Å²) < 4.78 is 6.78. The molecule has 0 amide bonds. The van der Waals surface area contributed by atoms with Gasteiger partial charge in [0.25, 0.3) is 0 Å². The second-order valence-electron chi connectivity index (χ2n) is 16.2. The molecule has 5 heteroatoms. The highest BCUT2D eigenvalue weighted by molar-refractivity contribution is 5.69. The third kappa shape index (κ3) is 38.0. The Morgan fingerprint density at radius 2 is 0.796 bits per heavy atom. The Hall–Kier alpha value is -1.10. The number of esters is 1. The molecule has 0 saturated heterocycles. The zero-order chi connectivity index (χ0) is 36.1. The molecule has 0 aromatic carbocycles. The van der Waals surface area contributed by atoms with Gasteiger partial charge >= 0.3 is 11.9 Å². The van der Waals surface area contributed by atoms with Gasteiger partial charge in [0.2, 0.25) is 0 Å². The van der Waals surface area contributed by atoms with Crippen molar-refractivity contribution >= 4 is 11.9 Å². The molecule has 0 heterocycles. The van der Waals surface area contributed by atoms with Gasteiger partial charge in [0.15, 0.2) is 6.10 Å². The average Bonchev–Trinajstić information content (AvgIpc) is 3.05. The minimum Gasteiger partial charge on any atom is -0.481 e. The number of nitrogens with zero attached hydrogens (tertiary/aromatic N) is 1. The molecular formula is C44H88NO4+. The molecule has 0 aromatic heterocycles. The van der Waals surface area contributed by atoms with Crippen LogP contribution in [0.4, 0.5) is 0 Å².